The Morgan fingerprint density at radius 3 is 2.33 bits per heavy atom. The van der Waals surface area contributed by atoms with Crippen molar-refractivity contribution in [3.63, 3.8) is 0 Å². The number of amides is 1. The third-order valence-corrected chi connectivity index (χ3v) is 5.28. The van der Waals surface area contributed by atoms with Crippen LogP contribution in [0.3, 0.4) is 0 Å². The Balaban J connectivity index is 1.87. The number of carbonyl (C=O) groups is 1. The lowest BCUT2D eigenvalue weighted by Crippen LogP contribution is -2.39. The average molecular weight is 350 g/mol. The number of halogens is 1. The summed E-state index contributed by atoms with van der Waals surface area (Å²) in [6.07, 6.45) is 0.668. The minimum atomic E-state index is -3.82. The zero-order valence-electron chi connectivity index (χ0n) is 13.3. The molecule has 1 amide bonds. The summed E-state index contributed by atoms with van der Waals surface area (Å²) in [5.74, 6) is -0.908. The van der Waals surface area contributed by atoms with Crippen molar-refractivity contribution in [1.82, 2.24) is 9.62 Å². The molecular weight excluding hydrogens is 331 g/mol. The molecule has 7 heteroatoms. The number of likely N-dealkylation sites (N-methyl/N-ethyl adjacent to an activating group) is 1. The first-order valence-electron chi connectivity index (χ1n) is 7.42. The Hall–Kier alpha value is -2.25. The second-order valence-electron chi connectivity index (χ2n) is 5.30. The Kier molecular flexibility index (Phi) is 6.05. The topological polar surface area (TPSA) is 66.5 Å². The molecule has 0 unspecified atom stereocenters. The third kappa shape index (κ3) is 4.87. The Bertz CT molecular complexity index is 777. The van der Waals surface area contributed by atoms with Gasteiger partial charge in [0.05, 0.1) is 11.4 Å². The van der Waals surface area contributed by atoms with Gasteiger partial charge in [0.25, 0.3) is 0 Å². The molecule has 0 aliphatic heterocycles. The molecule has 128 valence electrons. The van der Waals surface area contributed by atoms with E-state index in [4.69, 9.17) is 0 Å². The van der Waals surface area contributed by atoms with Gasteiger partial charge in [0.2, 0.25) is 15.9 Å². The normalized spacial score (nSPS) is 11.5. The standard InChI is InChI=1S/C17H19FN2O3S/c1-20(24(22,23)16-9-7-15(18)8-10-16)13-17(21)19-12-11-14-5-3-2-4-6-14/h2-10H,11-13H2,1H3,(H,19,21). The van der Waals surface area contributed by atoms with Gasteiger partial charge in [0.1, 0.15) is 5.82 Å². The molecule has 2 aromatic carbocycles. The molecule has 0 fully saturated rings. The van der Waals surface area contributed by atoms with Crippen LogP contribution in [0.1, 0.15) is 5.56 Å². The maximum atomic E-state index is 12.9. The molecule has 24 heavy (non-hydrogen) atoms. The predicted molar refractivity (Wildman–Crippen MR) is 89.4 cm³/mol. The SMILES string of the molecule is CN(CC(=O)NCCc1ccccc1)S(=O)(=O)c1ccc(F)cc1. The molecule has 0 aliphatic rings. The minimum Gasteiger partial charge on any atom is -0.355 e. The lowest BCUT2D eigenvalue weighted by Gasteiger charge is -2.17. The van der Waals surface area contributed by atoms with Crippen molar-refractivity contribution in [1.29, 1.82) is 0 Å². The third-order valence-electron chi connectivity index (χ3n) is 3.47. The van der Waals surface area contributed by atoms with Gasteiger partial charge in [0.15, 0.2) is 0 Å². The van der Waals surface area contributed by atoms with Crippen molar-refractivity contribution in [3.05, 3.63) is 66.0 Å². The molecule has 0 spiro atoms. The minimum absolute atomic E-state index is 0.0523. The maximum absolute atomic E-state index is 12.9. The van der Waals surface area contributed by atoms with Crippen LogP contribution in [0.25, 0.3) is 0 Å². The summed E-state index contributed by atoms with van der Waals surface area (Å²) in [5.41, 5.74) is 1.09. The quantitative estimate of drug-likeness (QED) is 0.828. The van der Waals surface area contributed by atoms with Crippen LogP contribution in [0.15, 0.2) is 59.5 Å². The maximum Gasteiger partial charge on any atom is 0.243 e. The number of hydrogen-bond acceptors (Lipinski definition) is 3. The molecule has 0 heterocycles. The fourth-order valence-electron chi connectivity index (χ4n) is 2.12. The van der Waals surface area contributed by atoms with E-state index in [9.17, 15) is 17.6 Å². The first kappa shape index (κ1) is 18.1. The van der Waals surface area contributed by atoms with E-state index in [1.54, 1.807) is 0 Å². The molecule has 0 aliphatic carbocycles. The zero-order chi connectivity index (χ0) is 17.6. The molecular formula is C17H19FN2O3S. The number of nitrogens with zero attached hydrogens (tertiary/aromatic N) is 1. The Morgan fingerprint density at radius 2 is 1.71 bits per heavy atom. The van der Waals surface area contributed by atoms with Crippen molar-refractivity contribution >= 4 is 15.9 Å². The molecule has 0 radical (unpaired) electrons. The van der Waals surface area contributed by atoms with Crippen molar-refractivity contribution in [2.45, 2.75) is 11.3 Å². The number of carbonyl (C=O) groups excluding carboxylic acids is 1. The van der Waals surface area contributed by atoms with Crippen LogP contribution in [-0.4, -0.2) is 38.8 Å². The molecule has 0 saturated heterocycles. The van der Waals surface area contributed by atoms with Crippen molar-refractivity contribution in [2.24, 2.45) is 0 Å². The van der Waals surface area contributed by atoms with E-state index >= 15 is 0 Å². The molecule has 0 saturated carbocycles. The Labute approximate surface area is 141 Å². The Morgan fingerprint density at radius 1 is 1.08 bits per heavy atom. The summed E-state index contributed by atoms with van der Waals surface area (Å²) in [7, 11) is -2.51. The van der Waals surface area contributed by atoms with Crippen LogP contribution >= 0.6 is 0 Å². The molecule has 0 atom stereocenters. The first-order valence-corrected chi connectivity index (χ1v) is 8.86. The fourth-order valence-corrected chi connectivity index (χ4v) is 3.25. The molecule has 2 rings (SSSR count). The molecule has 0 aromatic heterocycles. The van der Waals surface area contributed by atoms with Gasteiger partial charge in [0, 0.05) is 13.6 Å². The van der Waals surface area contributed by atoms with E-state index in [0.717, 1.165) is 22.0 Å². The second kappa shape index (κ2) is 8.03. The summed E-state index contributed by atoms with van der Waals surface area (Å²) in [5, 5.41) is 2.69. The van der Waals surface area contributed by atoms with Crippen LogP contribution in [0.5, 0.6) is 0 Å². The van der Waals surface area contributed by atoms with Gasteiger partial charge in [-0.2, -0.15) is 4.31 Å². The molecule has 5 nitrogen and oxygen atoms in total. The van der Waals surface area contributed by atoms with Gasteiger partial charge < -0.3 is 5.32 Å². The van der Waals surface area contributed by atoms with E-state index < -0.39 is 15.8 Å². The van der Waals surface area contributed by atoms with E-state index in [2.05, 4.69) is 5.32 Å². The van der Waals surface area contributed by atoms with Gasteiger partial charge in [-0.15, -0.1) is 0 Å². The van der Waals surface area contributed by atoms with Crippen molar-refractivity contribution in [3.8, 4) is 0 Å². The highest BCUT2D eigenvalue weighted by Gasteiger charge is 2.22. The van der Waals surface area contributed by atoms with Crippen LogP contribution in [0, 0.1) is 5.82 Å². The van der Waals surface area contributed by atoms with E-state index in [0.29, 0.717) is 13.0 Å². The summed E-state index contributed by atoms with van der Waals surface area (Å²) < 4.78 is 38.4. The molecule has 0 bridgehead atoms. The van der Waals surface area contributed by atoms with Crippen LogP contribution in [0.2, 0.25) is 0 Å². The van der Waals surface area contributed by atoms with Crippen molar-refractivity contribution in [2.75, 3.05) is 20.1 Å². The lowest BCUT2D eigenvalue weighted by atomic mass is 10.1. The summed E-state index contributed by atoms with van der Waals surface area (Å²) in [4.78, 5) is 11.8. The second-order valence-corrected chi connectivity index (χ2v) is 7.35. The number of hydrogen-bond donors (Lipinski definition) is 1. The van der Waals surface area contributed by atoms with Gasteiger partial charge in [-0.25, -0.2) is 12.8 Å². The van der Waals surface area contributed by atoms with Crippen LogP contribution < -0.4 is 5.32 Å². The smallest absolute Gasteiger partial charge is 0.243 e. The highest BCUT2D eigenvalue weighted by molar-refractivity contribution is 7.89. The van der Waals surface area contributed by atoms with Gasteiger partial charge in [-0.3, -0.25) is 4.79 Å². The van der Waals surface area contributed by atoms with E-state index in [1.165, 1.54) is 19.2 Å². The molecule has 2 aromatic rings. The fraction of sp³-hybridized carbons (Fsp3) is 0.235. The summed E-state index contributed by atoms with van der Waals surface area (Å²) in [6, 6.07) is 14.1. The zero-order valence-corrected chi connectivity index (χ0v) is 14.1. The summed E-state index contributed by atoms with van der Waals surface area (Å²) in [6.45, 7) is 0.127. The number of rotatable bonds is 7. The van der Waals surface area contributed by atoms with Gasteiger partial charge in [-0.1, -0.05) is 30.3 Å². The van der Waals surface area contributed by atoms with Gasteiger partial charge >= 0.3 is 0 Å². The largest absolute Gasteiger partial charge is 0.355 e. The van der Waals surface area contributed by atoms with E-state index in [-0.39, 0.29) is 17.3 Å². The van der Waals surface area contributed by atoms with Crippen molar-refractivity contribution < 1.29 is 17.6 Å². The highest BCUT2D eigenvalue weighted by atomic mass is 32.2. The monoisotopic (exact) mass is 350 g/mol. The average Bonchev–Trinajstić information content (AvgIpc) is 2.56. The van der Waals surface area contributed by atoms with Crippen LogP contribution in [0.4, 0.5) is 4.39 Å². The van der Waals surface area contributed by atoms with E-state index in [1.807, 2.05) is 30.3 Å². The number of benzene rings is 2. The number of nitrogens with one attached hydrogen (secondary N) is 1. The first-order chi connectivity index (χ1) is 11.4. The van der Waals surface area contributed by atoms with Gasteiger partial charge in [-0.05, 0) is 36.2 Å². The lowest BCUT2D eigenvalue weighted by molar-refractivity contribution is -0.121. The molecule has 1 N–H and O–H groups in total. The van der Waals surface area contributed by atoms with Crippen LogP contribution in [-0.2, 0) is 21.2 Å². The highest BCUT2D eigenvalue weighted by Crippen LogP contribution is 2.14. The number of sulfonamides is 1. The summed E-state index contributed by atoms with van der Waals surface area (Å²) >= 11 is 0. The predicted octanol–water partition coefficient (Wildman–Crippen LogP) is 1.81.